The van der Waals surface area contributed by atoms with Crippen LogP contribution >= 0.6 is 24.0 Å². The van der Waals surface area contributed by atoms with Gasteiger partial charge in [0, 0.05) is 32.6 Å². The highest BCUT2D eigenvalue weighted by Crippen LogP contribution is 2.16. The van der Waals surface area contributed by atoms with Crippen LogP contribution in [0.1, 0.15) is 36.5 Å². The van der Waals surface area contributed by atoms with E-state index in [9.17, 15) is 4.79 Å². The van der Waals surface area contributed by atoms with Gasteiger partial charge in [-0.3, -0.25) is 4.79 Å². The average molecular weight is 522 g/mol. The standard InChI is InChI=1S/C23H30N4O2.HI/c1-3-24-23(26-16-19-8-5-10-21(14-19)29-2)25-15-18-7-4-9-20(13-18)17-27-12-6-11-22(27)28;/h4-5,7-10,13-14H,3,6,11-12,15-17H2,1-2H3,(H2,24,25,26);1H. The molecule has 0 aliphatic carbocycles. The van der Waals surface area contributed by atoms with Gasteiger partial charge in [0.05, 0.1) is 13.7 Å². The molecule has 1 aliphatic heterocycles. The van der Waals surface area contributed by atoms with Crippen LogP contribution in [-0.2, 0) is 24.4 Å². The summed E-state index contributed by atoms with van der Waals surface area (Å²) in [6.45, 7) is 5.64. The van der Waals surface area contributed by atoms with E-state index < -0.39 is 0 Å². The van der Waals surface area contributed by atoms with Crippen LogP contribution in [0.2, 0.25) is 0 Å². The molecule has 6 nitrogen and oxygen atoms in total. The Morgan fingerprint density at radius 3 is 2.60 bits per heavy atom. The molecule has 1 amide bonds. The number of hydrogen-bond acceptors (Lipinski definition) is 3. The van der Waals surface area contributed by atoms with E-state index in [1.165, 1.54) is 0 Å². The van der Waals surface area contributed by atoms with Gasteiger partial charge >= 0.3 is 0 Å². The molecule has 2 aromatic rings. The Hall–Kier alpha value is -2.29. The van der Waals surface area contributed by atoms with Crippen LogP contribution in [0.15, 0.2) is 53.5 Å². The summed E-state index contributed by atoms with van der Waals surface area (Å²) in [5.74, 6) is 1.87. The zero-order chi connectivity index (χ0) is 20.5. The first-order valence-electron chi connectivity index (χ1n) is 10.2. The predicted molar refractivity (Wildman–Crippen MR) is 131 cm³/mol. The fraction of sp³-hybridized carbons (Fsp3) is 0.391. The number of nitrogens with zero attached hydrogens (tertiary/aromatic N) is 2. The van der Waals surface area contributed by atoms with Crippen molar-refractivity contribution in [3.63, 3.8) is 0 Å². The summed E-state index contributed by atoms with van der Waals surface area (Å²) in [4.78, 5) is 18.5. The molecule has 0 saturated carbocycles. The lowest BCUT2D eigenvalue weighted by molar-refractivity contribution is -0.128. The van der Waals surface area contributed by atoms with E-state index in [4.69, 9.17) is 9.73 Å². The van der Waals surface area contributed by atoms with Gasteiger partial charge < -0.3 is 20.3 Å². The minimum atomic E-state index is 0. The van der Waals surface area contributed by atoms with Gasteiger partial charge in [0.25, 0.3) is 0 Å². The SMILES string of the molecule is CCNC(=NCc1cccc(CN2CCCC2=O)c1)NCc1cccc(OC)c1.I. The third-order valence-electron chi connectivity index (χ3n) is 4.89. The van der Waals surface area contributed by atoms with Crippen molar-refractivity contribution in [3.8, 4) is 5.75 Å². The maximum Gasteiger partial charge on any atom is 0.222 e. The van der Waals surface area contributed by atoms with Gasteiger partial charge in [0.1, 0.15) is 5.75 Å². The highest BCUT2D eigenvalue weighted by atomic mass is 127. The van der Waals surface area contributed by atoms with Gasteiger partial charge in [0.15, 0.2) is 5.96 Å². The van der Waals surface area contributed by atoms with Crippen LogP contribution in [0.25, 0.3) is 0 Å². The zero-order valence-corrected chi connectivity index (χ0v) is 20.0. The summed E-state index contributed by atoms with van der Waals surface area (Å²) >= 11 is 0. The number of ether oxygens (including phenoxy) is 1. The second kappa shape index (κ2) is 12.4. The molecule has 1 fully saturated rings. The summed E-state index contributed by atoms with van der Waals surface area (Å²) in [7, 11) is 1.67. The summed E-state index contributed by atoms with van der Waals surface area (Å²) in [5, 5.41) is 6.65. The number of nitrogens with one attached hydrogen (secondary N) is 2. The Labute approximate surface area is 196 Å². The van der Waals surface area contributed by atoms with Crippen molar-refractivity contribution < 1.29 is 9.53 Å². The van der Waals surface area contributed by atoms with Gasteiger partial charge in [-0.25, -0.2) is 4.99 Å². The first kappa shape index (κ1) is 24.0. The minimum absolute atomic E-state index is 0. The van der Waals surface area contributed by atoms with Crippen molar-refractivity contribution in [1.29, 1.82) is 0 Å². The number of benzene rings is 2. The molecule has 1 saturated heterocycles. The molecule has 0 unspecified atom stereocenters. The lowest BCUT2D eigenvalue weighted by Gasteiger charge is -2.16. The molecular weight excluding hydrogens is 491 g/mol. The smallest absolute Gasteiger partial charge is 0.222 e. The van der Waals surface area contributed by atoms with Crippen LogP contribution in [0, 0.1) is 0 Å². The highest BCUT2D eigenvalue weighted by molar-refractivity contribution is 14.0. The summed E-state index contributed by atoms with van der Waals surface area (Å²) in [6, 6.07) is 16.3. The summed E-state index contributed by atoms with van der Waals surface area (Å²) in [6.07, 6.45) is 1.64. The van der Waals surface area contributed by atoms with E-state index in [-0.39, 0.29) is 29.9 Å². The van der Waals surface area contributed by atoms with E-state index in [1.54, 1.807) is 7.11 Å². The fourth-order valence-electron chi connectivity index (χ4n) is 3.40. The Bertz CT molecular complexity index is 857. The van der Waals surface area contributed by atoms with E-state index in [0.717, 1.165) is 47.9 Å². The van der Waals surface area contributed by atoms with Crippen molar-refractivity contribution in [3.05, 3.63) is 65.2 Å². The molecule has 2 aromatic carbocycles. The maximum absolute atomic E-state index is 11.9. The fourth-order valence-corrected chi connectivity index (χ4v) is 3.40. The number of carbonyl (C=O) groups excluding carboxylic acids is 1. The van der Waals surface area contributed by atoms with Crippen LogP contribution in [0.3, 0.4) is 0 Å². The predicted octanol–water partition coefficient (Wildman–Crippen LogP) is 3.69. The lowest BCUT2D eigenvalue weighted by atomic mass is 10.1. The van der Waals surface area contributed by atoms with Crippen LogP contribution in [-0.4, -0.2) is 37.0 Å². The number of carbonyl (C=O) groups is 1. The molecule has 3 rings (SSSR count). The molecule has 162 valence electrons. The van der Waals surface area contributed by atoms with Gasteiger partial charge in [-0.15, -0.1) is 24.0 Å². The van der Waals surface area contributed by atoms with E-state index in [0.29, 0.717) is 26.1 Å². The van der Waals surface area contributed by atoms with E-state index in [2.05, 4.69) is 41.8 Å². The Morgan fingerprint density at radius 2 is 1.87 bits per heavy atom. The molecule has 30 heavy (non-hydrogen) atoms. The third-order valence-corrected chi connectivity index (χ3v) is 4.89. The van der Waals surface area contributed by atoms with Crippen LogP contribution in [0.5, 0.6) is 5.75 Å². The summed E-state index contributed by atoms with van der Waals surface area (Å²) < 4.78 is 5.28. The number of aliphatic imine (C=N–C) groups is 1. The number of rotatable bonds is 8. The van der Waals surface area contributed by atoms with Crippen molar-refractivity contribution in [1.82, 2.24) is 15.5 Å². The van der Waals surface area contributed by atoms with Gasteiger partial charge in [-0.1, -0.05) is 36.4 Å². The Morgan fingerprint density at radius 1 is 1.10 bits per heavy atom. The van der Waals surface area contributed by atoms with Crippen molar-refractivity contribution in [2.75, 3.05) is 20.2 Å². The van der Waals surface area contributed by atoms with Crippen LogP contribution < -0.4 is 15.4 Å². The zero-order valence-electron chi connectivity index (χ0n) is 17.7. The Balaban J connectivity index is 0.00000320. The van der Waals surface area contributed by atoms with Gasteiger partial charge in [-0.2, -0.15) is 0 Å². The first-order valence-corrected chi connectivity index (χ1v) is 10.2. The molecular formula is C23H31IN4O2. The second-order valence-corrected chi connectivity index (χ2v) is 7.14. The molecule has 0 atom stereocenters. The second-order valence-electron chi connectivity index (χ2n) is 7.14. The van der Waals surface area contributed by atoms with Crippen LogP contribution in [0.4, 0.5) is 0 Å². The number of amides is 1. The molecule has 1 heterocycles. The third kappa shape index (κ3) is 7.19. The largest absolute Gasteiger partial charge is 0.497 e. The van der Waals surface area contributed by atoms with Gasteiger partial charge in [-0.05, 0) is 42.2 Å². The number of likely N-dealkylation sites (tertiary alicyclic amines) is 1. The molecule has 0 radical (unpaired) electrons. The lowest BCUT2D eigenvalue weighted by Crippen LogP contribution is -2.36. The van der Waals surface area contributed by atoms with Crippen molar-refractivity contribution in [2.24, 2.45) is 4.99 Å². The number of hydrogen-bond donors (Lipinski definition) is 2. The molecule has 7 heteroatoms. The number of halogens is 1. The van der Waals surface area contributed by atoms with E-state index >= 15 is 0 Å². The highest BCUT2D eigenvalue weighted by Gasteiger charge is 2.19. The van der Waals surface area contributed by atoms with Gasteiger partial charge in [0.2, 0.25) is 5.91 Å². The number of guanidine groups is 1. The van der Waals surface area contributed by atoms with Crippen molar-refractivity contribution >= 4 is 35.8 Å². The minimum Gasteiger partial charge on any atom is -0.497 e. The maximum atomic E-state index is 11.9. The molecule has 1 aliphatic rings. The quantitative estimate of drug-likeness (QED) is 0.316. The normalized spacial score (nSPS) is 13.7. The molecule has 0 bridgehead atoms. The monoisotopic (exact) mass is 522 g/mol. The summed E-state index contributed by atoms with van der Waals surface area (Å²) in [5.41, 5.74) is 3.42. The molecule has 0 spiro atoms. The molecule has 2 N–H and O–H groups in total. The molecule has 0 aromatic heterocycles. The van der Waals surface area contributed by atoms with Crippen molar-refractivity contribution in [2.45, 2.75) is 39.4 Å². The topological polar surface area (TPSA) is 66.0 Å². The Kier molecular flexibility index (Phi) is 9.93. The van der Waals surface area contributed by atoms with E-state index in [1.807, 2.05) is 29.2 Å². The first-order chi connectivity index (χ1) is 14.2. The number of methoxy groups -OCH3 is 1. The average Bonchev–Trinajstić information content (AvgIpc) is 3.15.